The number of rotatable bonds is 7. The van der Waals surface area contributed by atoms with Crippen molar-refractivity contribution in [2.75, 3.05) is 17.3 Å². The summed E-state index contributed by atoms with van der Waals surface area (Å²) >= 11 is 3.08. The third kappa shape index (κ3) is 4.30. The summed E-state index contributed by atoms with van der Waals surface area (Å²) in [5.74, 6) is -1.30. The number of hydrogen-bond donors (Lipinski definition) is 1. The molecule has 1 amide bonds. The molecule has 0 spiro atoms. The molecule has 0 saturated heterocycles. The molecule has 28 heavy (non-hydrogen) atoms. The van der Waals surface area contributed by atoms with Crippen molar-refractivity contribution in [3.8, 4) is 11.5 Å². The van der Waals surface area contributed by atoms with Crippen LogP contribution in [-0.2, 0) is 11.3 Å². The van der Waals surface area contributed by atoms with Gasteiger partial charge in [-0.2, -0.15) is 8.78 Å². The van der Waals surface area contributed by atoms with Crippen LogP contribution in [0.4, 0.5) is 24.5 Å². The zero-order chi connectivity index (χ0) is 20.3. The fraction of sp³-hybridized carbons (Fsp3) is 0.176. The quantitative estimate of drug-likeness (QED) is 0.538. The monoisotopic (exact) mass is 455 g/mol. The van der Waals surface area contributed by atoms with Crippen LogP contribution < -0.4 is 10.2 Å². The summed E-state index contributed by atoms with van der Waals surface area (Å²) in [5, 5.41) is 9.35. The smallest absolute Gasteiger partial charge is 0.314 e. The van der Waals surface area contributed by atoms with Gasteiger partial charge in [0, 0.05) is 19.3 Å². The van der Waals surface area contributed by atoms with Crippen LogP contribution in [-0.4, -0.2) is 28.6 Å². The summed E-state index contributed by atoms with van der Waals surface area (Å²) in [6, 6.07) is 6.00. The minimum absolute atomic E-state index is 0.0600. The first-order chi connectivity index (χ1) is 13.4. The Morgan fingerprint density at radius 3 is 2.71 bits per heavy atom. The van der Waals surface area contributed by atoms with Crippen LogP contribution in [0.25, 0.3) is 11.5 Å². The molecule has 1 aromatic carbocycles. The van der Waals surface area contributed by atoms with Crippen LogP contribution in [0, 0.1) is 5.82 Å². The number of nitrogens with one attached hydrogen (secondary N) is 1. The molecule has 0 unspecified atom stereocenters. The number of alkyl halides is 2. The highest BCUT2D eigenvalue weighted by Crippen LogP contribution is 2.31. The number of aromatic nitrogens is 3. The van der Waals surface area contributed by atoms with E-state index < -0.39 is 18.1 Å². The molecule has 7 nitrogen and oxygen atoms in total. The van der Waals surface area contributed by atoms with Gasteiger partial charge in [-0.3, -0.25) is 9.78 Å². The molecule has 0 aliphatic carbocycles. The molecule has 2 aromatic heterocycles. The predicted molar refractivity (Wildman–Crippen MR) is 98.4 cm³/mol. The maximum Gasteiger partial charge on any atom is 0.314 e. The molecule has 11 heteroatoms. The van der Waals surface area contributed by atoms with Crippen molar-refractivity contribution in [1.29, 1.82) is 0 Å². The van der Waals surface area contributed by atoms with E-state index in [1.54, 1.807) is 24.1 Å². The van der Waals surface area contributed by atoms with Gasteiger partial charge in [0.2, 0.25) is 12.3 Å². The number of nitrogens with zero attached hydrogens (tertiary/aromatic N) is 4. The van der Waals surface area contributed by atoms with Gasteiger partial charge in [-0.25, -0.2) is 4.39 Å². The molecular weight excluding hydrogens is 443 g/mol. The van der Waals surface area contributed by atoms with Crippen molar-refractivity contribution in [1.82, 2.24) is 15.2 Å². The number of carbonyl (C=O) groups excluding carboxylic acids is 1. The Balaban J connectivity index is 1.78. The van der Waals surface area contributed by atoms with E-state index in [9.17, 15) is 18.0 Å². The number of carbonyl (C=O) groups is 1. The maximum atomic E-state index is 13.9. The van der Waals surface area contributed by atoms with Crippen molar-refractivity contribution in [2.45, 2.75) is 13.0 Å². The molecule has 2 heterocycles. The van der Waals surface area contributed by atoms with E-state index >= 15 is 0 Å². The second-order valence-corrected chi connectivity index (χ2v) is 6.54. The summed E-state index contributed by atoms with van der Waals surface area (Å²) in [4.78, 5) is 16.7. The van der Waals surface area contributed by atoms with Gasteiger partial charge < -0.3 is 14.6 Å². The van der Waals surface area contributed by atoms with Gasteiger partial charge in [0.05, 0.1) is 33.6 Å². The number of benzene rings is 1. The highest BCUT2D eigenvalue weighted by Gasteiger charge is 2.17. The van der Waals surface area contributed by atoms with Crippen LogP contribution in [0.3, 0.4) is 0 Å². The fourth-order valence-corrected chi connectivity index (χ4v) is 2.79. The van der Waals surface area contributed by atoms with Gasteiger partial charge in [0.25, 0.3) is 5.89 Å². The van der Waals surface area contributed by atoms with Crippen molar-refractivity contribution < 1.29 is 22.4 Å². The Labute approximate surface area is 165 Å². The van der Waals surface area contributed by atoms with Crippen LogP contribution >= 0.6 is 15.9 Å². The van der Waals surface area contributed by atoms with E-state index in [4.69, 9.17) is 4.42 Å². The highest BCUT2D eigenvalue weighted by atomic mass is 79.9. The normalized spacial score (nSPS) is 10.9. The minimum Gasteiger partial charge on any atom is -0.415 e. The first-order valence-corrected chi connectivity index (χ1v) is 8.65. The van der Waals surface area contributed by atoms with E-state index in [0.29, 0.717) is 35.6 Å². The largest absolute Gasteiger partial charge is 0.415 e. The molecule has 0 aliphatic heterocycles. The van der Waals surface area contributed by atoms with E-state index in [0.717, 1.165) is 0 Å². The van der Waals surface area contributed by atoms with Crippen molar-refractivity contribution in [2.24, 2.45) is 0 Å². The summed E-state index contributed by atoms with van der Waals surface area (Å²) < 4.78 is 44.1. The molecule has 0 bridgehead atoms. The summed E-state index contributed by atoms with van der Waals surface area (Å²) in [7, 11) is 1.71. The maximum absolute atomic E-state index is 13.9. The first-order valence-electron chi connectivity index (χ1n) is 7.86. The SMILES string of the molecule is CN(Cc1ccc(-c2nnc(C(F)F)o2)cn1)c1cc(F)c(Br)cc1NC=O. The Bertz CT molecular complexity index is 981. The number of hydrogen-bond acceptors (Lipinski definition) is 6. The number of amides is 1. The molecule has 0 fully saturated rings. The van der Waals surface area contributed by atoms with Gasteiger partial charge >= 0.3 is 6.43 Å². The van der Waals surface area contributed by atoms with Crippen molar-refractivity contribution >= 4 is 33.7 Å². The number of halogens is 4. The van der Waals surface area contributed by atoms with E-state index in [1.165, 1.54) is 18.3 Å². The average molecular weight is 456 g/mol. The van der Waals surface area contributed by atoms with E-state index in [2.05, 4.69) is 36.4 Å². The predicted octanol–water partition coefficient (Wildman–Crippen LogP) is 4.18. The molecule has 0 atom stereocenters. The molecule has 0 radical (unpaired) electrons. The highest BCUT2D eigenvalue weighted by molar-refractivity contribution is 9.10. The molecule has 0 aliphatic rings. The summed E-state index contributed by atoms with van der Waals surface area (Å²) in [6.07, 6.45) is -0.927. The fourth-order valence-electron chi connectivity index (χ4n) is 2.44. The third-order valence-corrected chi connectivity index (χ3v) is 4.37. The lowest BCUT2D eigenvalue weighted by Crippen LogP contribution is -2.19. The van der Waals surface area contributed by atoms with Crippen molar-refractivity contribution in [3.05, 3.63) is 52.3 Å². The van der Waals surface area contributed by atoms with E-state index in [-0.39, 0.29) is 10.4 Å². The van der Waals surface area contributed by atoms with Gasteiger partial charge in [-0.15, -0.1) is 10.2 Å². The topological polar surface area (TPSA) is 84.2 Å². The Morgan fingerprint density at radius 2 is 2.11 bits per heavy atom. The molecule has 1 N–H and O–H groups in total. The molecule has 3 rings (SSSR count). The number of pyridine rings is 1. The second-order valence-electron chi connectivity index (χ2n) is 5.69. The summed E-state index contributed by atoms with van der Waals surface area (Å²) in [6.45, 7) is 0.293. The van der Waals surface area contributed by atoms with Crippen LogP contribution in [0.2, 0.25) is 0 Å². The van der Waals surface area contributed by atoms with Gasteiger partial charge in [0.1, 0.15) is 5.82 Å². The second kappa shape index (κ2) is 8.38. The average Bonchev–Trinajstić information content (AvgIpc) is 3.16. The van der Waals surface area contributed by atoms with E-state index in [1.807, 2.05) is 0 Å². The van der Waals surface area contributed by atoms with Crippen molar-refractivity contribution in [3.63, 3.8) is 0 Å². The molecule has 3 aromatic rings. The molecular formula is C17H13BrF3N5O2. The standard InChI is InChI=1S/C17H13BrF3N5O2/c1-26(14-5-12(19)11(18)4-13(14)23-8-27)7-10-3-2-9(6-22-10)16-24-25-17(28-16)15(20)21/h2-6,8,15H,7H2,1H3,(H,23,27). The zero-order valence-electron chi connectivity index (χ0n) is 14.4. The summed E-state index contributed by atoms with van der Waals surface area (Å²) in [5.41, 5.74) is 1.88. The van der Waals surface area contributed by atoms with Gasteiger partial charge in [0.15, 0.2) is 0 Å². The lowest BCUT2D eigenvalue weighted by atomic mass is 10.2. The molecule has 0 saturated carbocycles. The third-order valence-electron chi connectivity index (χ3n) is 3.76. The van der Waals surface area contributed by atoms with Crippen LogP contribution in [0.15, 0.2) is 39.4 Å². The lowest BCUT2D eigenvalue weighted by molar-refractivity contribution is -0.105. The lowest BCUT2D eigenvalue weighted by Gasteiger charge is -2.22. The minimum atomic E-state index is -2.84. The van der Waals surface area contributed by atoms with Gasteiger partial charge in [-0.1, -0.05) is 0 Å². The van der Waals surface area contributed by atoms with Crippen LogP contribution in [0.1, 0.15) is 18.0 Å². The zero-order valence-corrected chi connectivity index (χ0v) is 16.0. The number of anilines is 2. The first kappa shape index (κ1) is 19.8. The Morgan fingerprint density at radius 1 is 1.32 bits per heavy atom. The van der Waals surface area contributed by atoms with Gasteiger partial charge in [-0.05, 0) is 34.1 Å². The van der Waals surface area contributed by atoms with Crippen LogP contribution in [0.5, 0.6) is 0 Å². The molecule has 146 valence electrons. The Hall–Kier alpha value is -2.95. The Kier molecular flexibility index (Phi) is 5.93.